The van der Waals surface area contributed by atoms with Gasteiger partial charge in [0.05, 0.1) is 0 Å². The normalized spacial score (nSPS) is 19.7. The molecule has 0 radical (unpaired) electrons. The SMILES string of the molecule is CCCN(C)S(=O)(=O)NC1CCNCC1. The molecule has 0 aromatic heterocycles. The Hall–Kier alpha value is -0.170. The lowest BCUT2D eigenvalue weighted by Crippen LogP contribution is -2.47. The third kappa shape index (κ3) is 4.06. The molecule has 0 amide bonds. The molecular formula is C9H21N3O2S. The molecule has 1 rings (SSSR count). The summed E-state index contributed by atoms with van der Waals surface area (Å²) in [5, 5.41) is 3.21. The lowest BCUT2D eigenvalue weighted by Gasteiger charge is -2.26. The van der Waals surface area contributed by atoms with Gasteiger partial charge in [0.2, 0.25) is 0 Å². The molecule has 1 heterocycles. The Labute approximate surface area is 92.4 Å². The van der Waals surface area contributed by atoms with Gasteiger partial charge >= 0.3 is 0 Å². The minimum Gasteiger partial charge on any atom is -0.317 e. The number of rotatable bonds is 5. The number of hydrogen-bond donors (Lipinski definition) is 2. The van der Waals surface area contributed by atoms with Crippen molar-refractivity contribution in [2.24, 2.45) is 0 Å². The maximum Gasteiger partial charge on any atom is 0.279 e. The number of hydrogen-bond acceptors (Lipinski definition) is 3. The first-order chi connectivity index (χ1) is 7.06. The molecule has 0 atom stereocenters. The molecule has 1 saturated heterocycles. The third-order valence-electron chi connectivity index (χ3n) is 2.60. The van der Waals surface area contributed by atoms with Gasteiger partial charge in [0.1, 0.15) is 0 Å². The zero-order chi connectivity index (χ0) is 11.3. The summed E-state index contributed by atoms with van der Waals surface area (Å²) in [7, 11) is -1.65. The molecule has 2 N–H and O–H groups in total. The van der Waals surface area contributed by atoms with Gasteiger partial charge in [-0.3, -0.25) is 0 Å². The summed E-state index contributed by atoms with van der Waals surface area (Å²) < 4.78 is 27.7. The van der Waals surface area contributed by atoms with Crippen molar-refractivity contribution >= 4 is 10.2 Å². The summed E-state index contributed by atoms with van der Waals surface area (Å²) in [6, 6.07) is 0.0931. The first kappa shape index (κ1) is 12.9. The molecule has 1 aliphatic rings. The van der Waals surface area contributed by atoms with Crippen LogP contribution in [0.3, 0.4) is 0 Å². The molecule has 5 nitrogen and oxygen atoms in total. The van der Waals surface area contributed by atoms with Gasteiger partial charge < -0.3 is 5.32 Å². The van der Waals surface area contributed by atoms with E-state index in [1.165, 1.54) is 4.31 Å². The van der Waals surface area contributed by atoms with Crippen molar-refractivity contribution in [3.05, 3.63) is 0 Å². The fraction of sp³-hybridized carbons (Fsp3) is 1.00. The quantitative estimate of drug-likeness (QED) is 0.700. The third-order valence-corrected chi connectivity index (χ3v) is 4.24. The van der Waals surface area contributed by atoms with Crippen LogP contribution in [0.1, 0.15) is 26.2 Å². The fourth-order valence-corrected chi connectivity index (χ4v) is 2.94. The highest BCUT2D eigenvalue weighted by Crippen LogP contribution is 2.05. The highest BCUT2D eigenvalue weighted by molar-refractivity contribution is 7.87. The van der Waals surface area contributed by atoms with Crippen LogP contribution in [0.15, 0.2) is 0 Å². The molecule has 1 fully saturated rings. The van der Waals surface area contributed by atoms with Crippen LogP contribution in [0.25, 0.3) is 0 Å². The predicted octanol–water partition coefficient (Wildman–Crippen LogP) is -0.0854. The lowest BCUT2D eigenvalue weighted by atomic mass is 10.1. The van der Waals surface area contributed by atoms with E-state index in [4.69, 9.17) is 0 Å². The standard InChI is InChI=1S/C9H21N3O2S/c1-3-8-12(2)15(13,14)11-9-4-6-10-7-5-9/h9-11H,3-8H2,1-2H3. The Morgan fingerprint density at radius 2 is 2.00 bits per heavy atom. The summed E-state index contributed by atoms with van der Waals surface area (Å²) >= 11 is 0. The van der Waals surface area contributed by atoms with Crippen LogP contribution in [-0.2, 0) is 10.2 Å². The van der Waals surface area contributed by atoms with Crippen LogP contribution in [0.2, 0.25) is 0 Å². The zero-order valence-electron chi connectivity index (χ0n) is 9.49. The predicted molar refractivity (Wildman–Crippen MR) is 60.9 cm³/mol. The fourth-order valence-electron chi connectivity index (χ4n) is 1.68. The Kier molecular flexibility index (Phi) is 4.98. The van der Waals surface area contributed by atoms with Crippen LogP contribution < -0.4 is 10.0 Å². The first-order valence-electron chi connectivity index (χ1n) is 5.50. The van der Waals surface area contributed by atoms with E-state index in [1.807, 2.05) is 6.92 Å². The molecule has 15 heavy (non-hydrogen) atoms. The van der Waals surface area contributed by atoms with E-state index in [9.17, 15) is 8.42 Å². The topological polar surface area (TPSA) is 61.4 Å². The molecular weight excluding hydrogens is 214 g/mol. The Morgan fingerprint density at radius 1 is 1.40 bits per heavy atom. The van der Waals surface area contributed by atoms with E-state index in [2.05, 4.69) is 10.0 Å². The Bertz CT molecular complexity index is 273. The van der Waals surface area contributed by atoms with Gasteiger partial charge in [-0.2, -0.15) is 17.4 Å². The molecule has 1 aliphatic heterocycles. The van der Waals surface area contributed by atoms with E-state index in [1.54, 1.807) is 7.05 Å². The molecule has 0 unspecified atom stereocenters. The number of nitrogens with zero attached hydrogens (tertiary/aromatic N) is 1. The van der Waals surface area contributed by atoms with Crippen molar-refractivity contribution in [2.75, 3.05) is 26.7 Å². The van der Waals surface area contributed by atoms with Crippen LogP contribution >= 0.6 is 0 Å². The van der Waals surface area contributed by atoms with Gasteiger partial charge in [-0.1, -0.05) is 6.92 Å². The highest BCUT2D eigenvalue weighted by atomic mass is 32.2. The van der Waals surface area contributed by atoms with Crippen molar-refractivity contribution in [1.82, 2.24) is 14.3 Å². The molecule has 0 spiro atoms. The van der Waals surface area contributed by atoms with E-state index in [-0.39, 0.29) is 6.04 Å². The maximum absolute atomic E-state index is 11.8. The van der Waals surface area contributed by atoms with Crippen molar-refractivity contribution in [3.63, 3.8) is 0 Å². The molecule has 6 heteroatoms. The van der Waals surface area contributed by atoms with Gasteiger partial charge in [-0.05, 0) is 32.4 Å². The summed E-state index contributed by atoms with van der Waals surface area (Å²) in [6.45, 7) is 4.33. The van der Waals surface area contributed by atoms with Crippen LogP contribution in [0.5, 0.6) is 0 Å². The second-order valence-corrected chi connectivity index (χ2v) is 5.78. The first-order valence-corrected chi connectivity index (χ1v) is 6.94. The van der Waals surface area contributed by atoms with Gasteiger partial charge in [0.25, 0.3) is 10.2 Å². The summed E-state index contributed by atoms with van der Waals surface area (Å²) in [5.74, 6) is 0. The highest BCUT2D eigenvalue weighted by Gasteiger charge is 2.22. The van der Waals surface area contributed by atoms with Crippen LogP contribution in [0, 0.1) is 0 Å². The van der Waals surface area contributed by atoms with Crippen molar-refractivity contribution < 1.29 is 8.42 Å². The van der Waals surface area contributed by atoms with Gasteiger partial charge in [0, 0.05) is 19.6 Å². The smallest absolute Gasteiger partial charge is 0.279 e. The van der Waals surface area contributed by atoms with Crippen molar-refractivity contribution in [1.29, 1.82) is 0 Å². The average Bonchev–Trinajstić information content (AvgIpc) is 2.19. The second kappa shape index (κ2) is 5.79. The van der Waals surface area contributed by atoms with E-state index >= 15 is 0 Å². The molecule has 0 aliphatic carbocycles. The molecule has 0 aromatic carbocycles. The van der Waals surface area contributed by atoms with Gasteiger partial charge in [-0.15, -0.1) is 0 Å². The molecule has 0 bridgehead atoms. The largest absolute Gasteiger partial charge is 0.317 e. The zero-order valence-corrected chi connectivity index (χ0v) is 10.3. The van der Waals surface area contributed by atoms with Crippen LogP contribution in [-0.4, -0.2) is 45.4 Å². The number of piperidine rings is 1. The molecule has 90 valence electrons. The van der Waals surface area contributed by atoms with E-state index < -0.39 is 10.2 Å². The van der Waals surface area contributed by atoms with Crippen LogP contribution in [0.4, 0.5) is 0 Å². The summed E-state index contributed by atoms with van der Waals surface area (Å²) in [6.07, 6.45) is 2.59. The lowest BCUT2D eigenvalue weighted by molar-refractivity contribution is 0.401. The maximum atomic E-state index is 11.8. The number of nitrogens with one attached hydrogen (secondary N) is 2. The Balaban J connectivity index is 2.47. The average molecular weight is 235 g/mol. The summed E-state index contributed by atoms with van der Waals surface area (Å²) in [5.41, 5.74) is 0. The van der Waals surface area contributed by atoms with Gasteiger partial charge in [0.15, 0.2) is 0 Å². The van der Waals surface area contributed by atoms with Crippen molar-refractivity contribution in [3.8, 4) is 0 Å². The van der Waals surface area contributed by atoms with Gasteiger partial charge in [-0.25, -0.2) is 0 Å². The monoisotopic (exact) mass is 235 g/mol. The van der Waals surface area contributed by atoms with Crippen molar-refractivity contribution in [2.45, 2.75) is 32.2 Å². The second-order valence-electron chi connectivity index (χ2n) is 3.97. The Morgan fingerprint density at radius 3 is 2.53 bits per heavy atom. The summed E-state index contributed by atoms with van der Waals surface area (Å²) in [4.78, 5) is 0. The molecule has 0 aromatic rings. The van der Waals surface area contributed by atoms with E-state index in [0.717, 1.165) is 32.4 Å². The van der Waals surface area contributed by atoms with E-state index in [0.29, 0.717) is 6.54 Å². The minimum atomic E-state index is -3.27. The minimum absolute atomic E-state index is 0.0931. The molecule has 0 saturated carbocycles.